The van der Waals surface area contributed by atoms with Crippen molar-refractivity contribution in [2.45, 2.75) is 18.3 Å². The first-order valence-electron chi connectivity index (χ1n) is 2.49. The van der Waals surface area contributed by atoms with Crippen LogP contribution < -0.4 is 0 Å². The maximum Gasteiger partial charge on any atom is 0.523 e. The van der Waals surface area contributed by atoms with E-state index in [4.69, 9.17) is 0 Å². The van der Waals surface area contributed by atoms with Gasteiger partial charge < -0.3 is 0 Å². The average molecular weight is 232 g/mol. The van der Waals surface area contributed by atoms with E-state index in [1.807, 2.05) is 0 Å². The van der Waals surface area contributed by atoms with Gasteiger partial charge in [-0.15, -0.1) is 0 Å². The van der Waals surface area contributed by atoms with Gasteiger partial charge in [0.2, 0.25) is 0 Å². The summed E-state index contributed by atoms with van der Waals surface area (Å²) in [5.74, 6) is 0. The summed E-state index contributed by atoms with van der Waals surface area (Å²) in [6.45, 7) is 0. The summed E-state index contributed by atoms with van der Waals surface area (Å²) in [5.41, 5.74) is -5.91. The fraction of sp³-hybridized carbons (Fsp3) is 1.00. The molecule has 0 N–H and O–H groups in total. The smallest absolute Gasteiger partial charge is 0.220 e. The lowest BCUT2D eigenvalue weighted by Gasteiger charge is -2.10. The lowest BCUT2D eigenvalue weighted by Crippen LogP contribution is -2.31. The number of halogens is 6. The van der Waals surface area contributed by atoms with Gasteiger partial charge in [-0.1, -0.05) is 0 Å². The Morgan fingerprint density at radius 1 is 1.08 bits per heavy atom. The van der Waals surface area contributed by atoms with Gasteiger partial charge in [0.1, 0.15) is 0 Å². The molecule has 3 nitrogen and oxygen atoms in total. The van der Waals surface area contributed by atoms with Crippen LogP contribution in [0.3, 0.4) is 0 Å². The molecule has 1 atom stereocenters. The summed E-state index contributed by atoms with van der Waals surface area (Å²) < 4.78 is 90.3. The fourth-order valence-electron chi connectivity index (χ4n) is 0.218. The molecule has 80 valence electrons. The molecule has 0 aromatic rings. The largest absolute Gasteiger partial charge is 0.523 e. The van der Waals surface area contributed by atoms with Crippen molar-refractivity contribution in [3.05, 3.63) is 0 Å². The minimum atomic E-state index is -6.30. The summed E-state index contributed by atoms with van der Waals surface area (Å²) in [5, 5.41) is 0. The molecule has 0 aromatic heterocycles. The third-order valence-corrected chi connectivity index (χ3v) is 1.70. The van der Waals surface area contributed by atoms with Gasteiger partial charge in [0.15, 0.2) is 0 Å². The predicted octanol–water partition coefficient (Wildman–Crippen LogP) is 1.41. The van der Waals surface area contributed by atoms with Crippen LogP contribution >= 0.6 is 0 Å². The van der Waals surface area contributed by atoms with Gasteiger partial charge in [0, 0.05) is 0 Å². The van der Waals surface area contributed by atoms with Crippen LogP contribution in [0.4, 0.5) is 26.3 Å². The second kappa shape index (κ2) is 3.70. The molecular weight excluding hydrogens is 230 g/mol. The van der Waals surface area contributed by atoms with E-state index in [-0.39, 0.29) is 0 Å². The maximum absolute atomic E-state index is 11.7. The second-order valence-corrected chi connectivity index (χ2v) is 3.25. The lowest BCUT2D eigenvalue weighted by molar-refractivity contribution is -0.0946. The number of hydrogen-bond acceptors (Lipinski definition) is 3. The topological polar surface area (TPSA) is 43.4 Å². The monoisotopic (exact) mass is 232 g/mol. The van der Waals surface area contributed by atoms with Gasteiger partial charge in [-0.2, -0.15) is 21.6 Å². The number of alkyl halides is 6. The van der Waals surface area contributed by atoms with E-state index in [1.165, 1.54) is 0 Å². The van der Waals surface area contributed by atoms with Gasteiger partial charge in [-0.3, -0.25) is 0 Å². The Hall–Kier alpha value is -0.510. The molecule has 13 heavy (non-hydrogen) atoms. The molecule has 0 saturated carbocycles. The van der Waals surface area contributed by atoms with Crippen molar-refractivity contribution in [2.75, 3.05) is 0 Å². The van der Waals surface area contributed by atoms with Gasteiger partial charge in [0.25, 0.3) is 12.8 Å². The summed E-state index contributed by atoms with van der Waals surface area (Å²) in [6.07, 6.45) is -7.77. The molecule has 0 rings (SSSR count). The predicted molar refractivity (Wildman–Crippen MR) is 27.0 cm³/mol. The fourth-order valence-corrected chi connectivity index (χ4v) is 0.653. The van der Waals surface area contributed by atoms with Crippen LogP contribution in [0.25, 0.3) is 0 Å². The number of rotatable bonds is 3. The van der Waals surface area contributed by atoms with E-state index in [0.717, 1.165) is 0 Å². The van der Waals surface area contributed by atoms with Gasteiger partial charge in [-0.05, 0) is 0 Å². The lowest BCUT2D eigenvalue weighted by atomic mass is 10.7. The summed E-state index contributed by atoms with van der Waals surface area (Å²) in [6, 6.07) is 0. The Balaban J connectivity index is 4.55. The highest BCUT2D eigenvalue weighted by Crippen LogP contribution is 2.27. The highest BCUT2D eigenvalue weighted by molar-refractivity contribution is 7.87. The van der Waals surface area contributed by atoms with E-state index >= 15 is 0 Å². The van der Waals surface area contributed by atoms with Crippen LogP contribution in [0.15, 0.2) is 0 Å². The Labute approximate surface area is 68.4 Å². The highest BCUT2D eigenvalue weighted by atomic mass is 32.2. The molecular formula is C3H2F6O3S. The van der Waals surface area contributed by atoms with E-state index < -0.39 is 28.4 Å². The summed E-state index contributed by atoms with van der Waals surface area (Å²) in [7, 11) is -6.30. The van der Waals surface area contributed by atoms with Gasteiger partial charge in [-0.25, -0.2) is 17.4 Å². The SMILES string of the molecule is O=S(=O)(OC(F)C(F)F)C(F)(F)F. The minimum absolute atomic E-state index is 2.49. The van der Waals surface area contributed by atoms with Crippen molar-refractivity contribution in [2.24, 2.45) is 0 Å². The van der Waals surface area contributed by atoms with Gasteiger partial charge in [0.05, 0.1) is 0 Å². The molecule has 0 fully saturated rings. The Morgan fingerprint density at radius 3 is 1.69 bits per heavy atom. The number of hydrogen-bond donors (Lipinski definition) is 0. The van der Waals surface area contributed by atoms with E-state index in [9.17, 15) is 34.8 Å². The minimum Gasteiger partial charge on any atom is -0.220 e. The maximum atomic E-state index is 11.7. The zero-order chi connectivity index (χ0) is 10.9. The molecule has 0 bridgehead atoms. The summed E-state index contributed by atoms with van der Waals surface area (Å²) >= 11 is 0. The zero-order valence-electron chi connectivity index (χ0n) is 5.56. The Kier molecular flexibility index (Phi) is 3.55. The van der Waals surface area contributed by atoms with Crippen LogP contribution in [-0.2, 0) is 14.3 Å². The third-order valence-electron chi connectivity index (χ3n) is 0.700. The quantitative estimate of drug-likeness (QED) is 0.419. The first-order chi connectivity index (χ1) is 5.58. The van der Waals surface area contributed by atoms with Crippen molar-refractivity contribution < 1.29 is 38.9 Å². The first-order valence-corrected chi connectivity index (χ1v) is 3.90. The zero-order valence-corrected chi connectivity index (χ0v) is 6.37. The standard InChI is InChI=1S/C3H2F6O3S/c4-1(5)2(6)12-13(10,11)3(7,8)9/h1-2H. The van der Waals surface area contributed by atoms with Crippen molar-refractivity contribution in [1.29, 1.82) is 0 Å². The first kappa shape index (κ1) is 12.5. The normalized spacial score (nSPS) is 16.2. The average Bonchev–Trinajstić information content (AvgIpc) is 1.83. The van der Waals surface area contributed by atoms with E-state index in [1.54, 1.807) is 0 Å². The highest BCUT2D eigenvalue weighted by Gasteiger charge is 2.49. The van der Waals surface area contributed by atoms with Crippen molar-refractivity contribution >= 4 is 10.1 Å². The van der Waals surface area contributed by atoms with Crippen LogP contribution in [-0.4, -0.2) is 26.7 Å². The molecule has 0 aliphatic rings. The molecule has 1 unspecified atom stereocenters. The summed E-state index contributed by atoms with van der Waals surface area (Å²) in [4.78, 5) is 0. The van der Waals surface area contributed by atoms with Crippen molar-refractivity contribution in [3.63, 3.8) is 0 Å². The molecule has 0 aliphatic carbocycles. The van der Waals surface area contributed by atoms with Gasteiger partial charge >= 0.3 is 15.6 Å². The molecule has 0 spiro atoms. The van der Waals surface area contributed by atoms with Crippen LogP contribution in [0.5, 0.6) is 0 Å². The van der Waals surface area contributed by atoms with Crippen LogP contribution in [0.1, 0.15) is 0 Å². The molecule has 0 radical (unpaired) electrons. The Bertz CT molecular complexity index is 255. The van der Waals surface area contributed by atoms with Crippen LogP contribution in [0, 0.1) is 0 Å². The van der Waals surface area contributed by atoms with E-state index in [0.29, 0.717) is 0 Å². The molecule has 0 saturated heterocycles. The molecule has 0 aliphatic heterocycles. The molecule has 0 aromatic carbocycles. The van der Waals surface area contributed by atoms with E-state index in [2.05, 4.69) is 4.18 Å². The third kappa shape index (κ3) is 3.38. The molecule has 10 heteroatoms. The Morgan fingerprint density at radius 2 is 1.46 bits per heavy atom. The second-order valence-electron chi connectivity index (χ2n) is 1.68. The van der Waals surface area contributed by atoms with Crippen molar-refractivity contribution in [1.82, 2.24) is 0 Å². The molecule has 0 amide bonds. The molecule has 0 heterocycles. The van der Waals surface area contributed by atoms with Crippen molar-refractivity contribution in [3.8, 4) is 0 Å². The van der Waals surface area contributed by atoms with Crippen LogP contribution in [0.2, 0.25) is 0 Å².